The van der Waals surface area contributed by atoms with Crippen molar-refractivity contribution in [1.82, 2.24) is 4.90 Å². The van der Waals surface area contributed by atoms with E-state index in [1.54, 1.807) is 0 Å². The highest BCUT2D eigenvalue weighted by Gasteiger charge is 2.14. The summed E-state index contributed by atoms with van der Waals surface area (Å²) in [5.41, 5.74) is 3.86. The molecule has 0 heterocycles. The molecule has 0 aliphatic carbocycles. The summed E-state index contributed by atoms with van der Waals surface area (Å²) in [7, 11) is 0. The molecule has 2 rings (SSSR count). The van der Waals surface area contributed by atoms with Gasteiger partial charge in [-0.25, -0.2) is 0 Å². The fraction of sp³-hybridized carbons (Fsp3) is 0.154. The largest absolute Gasteiger partial charge is 0.282 e. The topological polar surface area (TPSA) is 3.24 Å². The number of rotatable bonds is 7. The molecule has 0 saturated carbocycles. The van der Waals surface area contributed by atoms with Crippen LogP contribution in [0, 0.1) is 36.5 Å². The van der Waals surface area contributed by atoms with Crippen LogP contribution in [0.5, 0.6) is 0 Å². The summed E-state index contributed by atoms with van der Waals surface area (Å²) in [5, 5.41) is 0. The van der Waals surface area contributed by atoms with Crippen molar-refractivity contribution in [3.8, 4) is 36.5 Å². The van der Waals surface area contributed by atoms with Gasteiger partial charge in [-0.15, -0.1) is 26.0 Å². The van der Waals surface area contributed by atoms with Crippen LogP contribution in [0.15, 0.2) is 73.8 Å². The van der Waals surface area contributed by atoms with E-state index in [9.17, 15) is 0 Å². The third kappa shape index (κ3) is 6.09. The Balaban J connectivity index is 2.28. The van der Waals surface area contributed by atoms with Gasteiger partial charge in [-0.3, -0.25) is 4.90 Å². The molecule has 132 valence electrons. The van der Waals surface area contributed by atoms with Crippen molar-refractivity contribution in [2.45, 2.75) is 12.5 Å². The van der Waals surface area contributed by atoms with Gasteiger partial charge in [0.15, 0.2) is 0 Å². The van der Waals surface area contributed by atoms with E-state index < -0.39 is 0 Å². The van der Waals surface area contributed by atoms with E-state index in [1.807, 2.05) is 48.6 Å². The molecule has 0 spiro atoms. The normalized spacial score (nSPS) is 10.8. The lowest BCUT2D eigenvalue weighted by Crippen LogP contribution is -2.36. The van der Waals surface area contributed by atoms with Gasteiger partial charge in [-0.2, -0.15) is 0 Å². The van der Waals surface area contributed by atoms with Gasteiger partial charge in [-0.1, -0.05) is 48.0 Å². The average molecular weight is 349 g/mol. The minimum Gasteiger partial charge on any atom is -0.282 e. The number of benzene rings is 2. The van der Waals surface area contributed by atoms with Gasteiger partial charge in [0.25, 0.3) is 0 Å². The average Bonchev–Trinajstić information content (AvgIpc) is 2.72. The van der Waals surface area contributed by atoms with E-state index in [1.165, 1.54) is 5.56 Å². The second kappa shape index (κ2) is 10.5. The molecule has 0 radical (unpaired) electrons. The molecule has 0 fully saturated rings. The molecule has 2 aromatic carbocycles. The highest BCUT2D eigenvalue weighted by Crippen LogP contribution is 2.11. The summed E-state index contributed by atoms with van der Waals surface area (Å²) in [5.74, 6) is 12.0. The van der Waals surface area contributed by atoms with E-state index in [-0.39, 0.29) is 6.04 Å². The maximum absolute atomic E-state index is 5.45. The molecular weight excluding hydrogens is 326 g/mol. The van der Waals surface area contributed by atoms with E-state index in [0.717, 1.165) is 36.2 Å². The number of hydrogen-bond acceptors (Lipinski definition) is 1. The van der Waals surface area contributed by atoms with Crippen LogP contribution in [0.3, 0.4) is 0 Å². The first-order valence-corrected chi connectivity index (χ1v) is 8.79. The zero-order valence-electron chi connectivity index (χ0n) is 15.5. The van der Waals surface area contributed by atoms with E-state index in [2.05, 4.69) is 53.9 Å². The van der Waals surface area contributed by atoms with Crippen LogP contribution in [0.1, 0.15) is 22.3 Å². The van der Waals surface area contributed by atoms with E-state index in [4.69, 9.17) is 12.8 Å². The minimum absolute atomic E-state index is 0.0324. The quantitative estimate of drug-likeness (QED) is 0.532. The van der Waals surface area contributed by atoms with Gasteiger partial charge in [0, 0.05) is 29.8 Å². The van der Waals surface area contributed by atoms with Crippen LogP contribution in [0.2, 0.25) is 0 Å². The smallest absolute Gasteiger partial charge is 0.0764 e. The second-order valence-corrected chi connectivity index (χ2v) is 6.08. The highest BCUT2D eigenvalue weighted by atomic mass is 15.1. The van der Waals surface area contributed by atoms with E-state index in [0.29, 0.717) is 0 Å². The van der Waals surface area contributed by atoms with Gasteiger partial charge >= 0.3 is 0 Å². The summed E-state index contributed by atoms with van der Waals surface area (Å²) in [6, 6.07) is 15.8. The molecule has 1 atom stereocenters. The summed E-state index contributed by atoms with van der Waals surface area (Å²) in [4.78, 5) is 2.25. The summed E-state index contributed by atoms with van der Waals surface area (Å²) in [6.45, 7) is 9.21. The lowest BCUT2D eigenvalue weighted by Gasteiger charge is -2.26. The zero-order chi connectivity index (χ0) is 19.5. The van der Waals surface area contributed by atoms with Gasteiger partial charge in [-0.05, 0) is 48.4 Å². The van der Waals surface area contributed by atoms with Crippen LogP contribution in [0.25, 0.3) is 0 Å². The van der Waals surface area contributed by atoms with Gasteiger partial charge in [0.05, 0.1) is 6.04 Å². The molecular formula is C26H23N. The van der Waals surface area contributed by atoms with Crippen molar-refractivity contribution < 1.29 is 0 Å². The molecule has 0 aliphatic heterocycles. The SMILES string of the molecule is C#Cc1ccc(C#CC(Cc2ccc(C#C)cc2)N(CC=C)CC=C)cc1. The first kappa shape index (κ1) is 19.9. The van der Waals surface area contributed by atoms with E-state index >= 15 is 0 Å². The molecule has 1 nitrogen and oxygen atoms in total. The molecule has 0 N–H and O–H groups in total. The number of nitrogens with zero attached hydrogens (tertiary/aromatic N) is 1. The summed E-state index contributed by atoms with van der Waals surface area (Å²) >= 11 is 0. The number of terminal acetylenes is 2. The van der Waals surface area contributed by atoms with Gasteiger partial charge < -0.3 is 0 Å². The Bertz CT molecular complexity index is 896. The molecule has 27 heavy (non-hydrogen) atoms. The van der Waals surface area contributed by atoms with Crippen LogP contribution in [-0.4, -0.2) is 24.0 Å². The van der Waals surface area contributed by atoms with Crippen molar-refractivity contribution in [1.29, 1.82) is 0 Å². The molecule has 0 saturated heterocycles. The van der Waals surface area contributed by atoms with Gasteiger partial charge in [0.2, 0.25) is 0 Å². The fourth-order valence-corrected chi connectivity index (χ4v) is 2.71. The predicted octanol–water partition coefficient (Wildman–Crippen LogP) is 4.29. The molecule has 1 unspecified atom stereocenters. The zero-order valence-corrected chi connectivity index (χ0v) is 15.5. The first-order chi connectivity index (χ1) is 13.2. The predicted molar refractivity (Wildman–Crippen MR) is 115 cm³/mol. The Morgan fingerprint density at radius 1 is 0.815 bits per heavy atom. The number of hydrogen-bond donors (Lipinski definition) is 0. The van der Waals surface area contributed by atoms with Crippen LogP contribution < -0.4 is 0 Å². The monoisotopic (exact) mass is 349 g/mol. The Morgan fingerprint density at radius 3 is 1.78 bits per heavy atom. The maximum Gasteiger partial charge on any atom is 0.0764 e. The standard InChI is InChI=1S/C26H23N/c1-5-19-27(20-6-2)26(21-25-15-11-23(8-4)12-16-25)18-17-24-13-9-22(7-3)10-14-24/h3-6,9-16,26H,1-2,19-21H2. The van der Waals surface area contributed by atoms with Crippen LogP contribution >= 0.6 is 0 Å². The van der Waals surface area contributed by atoms with Crippen molar-refractivity contribution in [2.24, 2.45) is 0 Å². The van der Waals surface area contributed by atoms with Crippen LogP contribution in [-0.2, 0) is 6.42 Å². The summed E-state index contributed by atoms with van der Waals surface area (Å²) in [6.07, 6.45) is 15.4. The third-order valence-corrected chi connectivity index (χ3v) is 4.15. The molecule has 0 aliphatic rings. The molecule has 0 aromatic heterocycles. The first-order valence-electron chi connectivity index (χ1n) is 8.79. The highest BCUT2D eigenvalue weighted by molar-refractivity contribution is 5.42. The van der Waals surface area contributed by atoms with Crippen LogP contribution in [0.4, 0.5) is 0 Å². The molecule has 0 amide bonds. The summed E-state index contributed by atoms with van der Waals surface area (Å²) < 4.78 is 0. The van der Waals surface area contributed by atoms with Crippen molar-refractivity contribution >= 4 is 0 Å². The third-order valence-electron chi connectivity index (χ3n) is 4.15. The van der Waals surface area contributed by atoms with Crippen molar-refractivity contribution in [3.05, 3.63) is 96.1 Å². The Hall–Kier alpha value is -3.44. The molecule has 1 heteroatoms. The van der Waals surface area contributed by atoms with Crippen molar-refractivity contribution in [3.63, 3.8) is 0 Å². The molecule has 0 bridgehead atoms. The Kier molecular flexibility index (Phi) is 7.75. The lowest BCUT2D eigenvalue weighted by atomic mass is 10.0. The lowest BCUT2D eigenvalue weighted by molar-refractivity contribution is 0.287. The second-order valence-electron chi connectivity index (χ2n) is 6.08. The fourth-order valence-electron chi connectivity index (χ4n) is 2.71. The van der Waals surface area contributed by atoms with Gasteiger partial charge in [0.1, 0.15) is 0 Å². The molecule has 2 aromatic rings. The minimum atomic E-state index is 0.0324. The van der Waals surface area contributed by atoms with Crippen molar-refractivity contribution in [2.75, 3.05) is 13.1 Å². The maximum atomic E-state index is 5.45. The Morgan fingerprint density at radius 2 is 1.30 bits per heavy atom. The Labute approximate surface area is 163 Å².